The normalized spacial score (nSPS) is 20.6. The molecular formula is C15H22N2O2. The molecule has 2 atom stereocenters. The third-order valence-corrected chi connectivity index (χ3v) is 3.64. The fourth-order valence-electron chi connectivity index (χ4n) is 2.38. The maximum atomic E-state index is 12.1. The number of ether oxygens (including phenoxy) is 1. The van der Waals surface area contributed by atoms with Gasteiger partial charge in [-0.05, 0) is 44.0 Å². The SMILES string of the molecule is COc1ccc(C(C)NC(=O)C2CCCNC2)cc1. The summed E-state index contributed by atoms with van der Waals surface area (Å²) in [5.41, 5.74) is 1.10. The average Bonchev–Trinajstić information content (AvgIpc) is 2.48. The van der Waals surface area contributed by atoms with Crippen LogP contribution >= 0.6 is 0 Å². The summed E-state index contributed by atoms with van der Waals surface area (Å²) in [7, 11) is 1.65. The van der Waals surface area contributed by atoms with Crippen LogP contribution in [-0.4, -0.2) is 26.1 Å². The maximum Gasteiger partial charge on any atom is 0.224 e. The first-order valence-electron chi connectivity index (χ1n) is 6.85. The van der Waals surface area contributed by atoms with Gasteiger partial charge in [-0.3, -0.25) is 4.79 Å². The van der Waals surface area contributed by atoms with Crippen LogP contribution in [0, 0.1) is 5.92 Å². The fourth-order valence-corrected chi connectivity index (χ4v) is 2.38. The molecule has 104 valence electrons. The summed E-state index contributed by atoms with van der Waals surface area (Å²) in [5, 5.41) is 6.35. The zero-order valence-corrected chi connectivity index (χ0v) is 11.6. The van der Waals surface area contributed by atoms with E-state index in [2.05, 4.69) is 10.6 Å². The van der Waals surface area contributed by atoms with Gasteiger partial charge < -0.3 is 15.4 Å². The predicted molar refractivity (Wildman–Crippen MR) is 75.1 cm³/mol. The number of hydrogen-bond acceptors (Lipinski definition) is 3. The molecule has 4 nitrogen and oxygen atoms in total. The molecule has 0 saturated carbocycles. The highest BCUT2D eigenvalue weighted by molar-refractivity contribution is 5.79. The zero-order valence-electron chi connectivity index (χ0n) is 11.6. The van der Waals surface area contributed by atoms with E-state index in [-0.39, 0.29) is 17.9 Å². The highest BCUT2D eigenvalue weighted by atomic mass is 16.5. The Kier molecular flexibility index (Phi) is 4.80. The molecule has 19 heavy (non-hydrogen) atoms. The number of amides is 1. The first-order chi connectivity index (χ1) is 9.20. The lowest BCUT2D eigenvalue weighted by atomic mass is 9.98. The van der Waals surface area contributed by atoms with Gasteiger partial charge in [-0.15, -0.1) is 0 Å². The average molecular weight is 262 g/mol. The van der Waals surface area contributed by atoms with Crippen molar-refractivity contribution in [3.8, 4) is 5.75 Å². The molecule has 1 amide bonds. The van der Waals surface area contributed by atoms with Gasteiger partial charge in [0.2, 0.25) is 5.91 Å². The van der Waals surface area contributed by atoms with E-state index in [9.17, 15) is 4.79 Å². The Balaban J connectivity index is 1.91. The van der Waals surface area contributed by atoms with Crippen molar-refractivity contribution in [2.45, 2.75) is 25.8 Å². The number of rotatable bonds is 4. The Labute approximate surface area is 114 Å². The highest BCUT2D eigenvalue weighted by Gasteiger charge is 2.22. The van der Waals surface area contributed by atoms with E-state index in [0.29, 0.717) is 0 Å². The Morgan fingerprint density at radius 1 is 1.42 bits per heavy atom. The lowest BCUT2D eigenvalue weighted by molar-refractivity contribution is -0.126. The van der Waals surface area contributed by atoms with Crippen LogP contribution in [0.4, 0.5) is 0 Å². The first kappa shape index (κ1) is 13.9. The summed E-state index contributed by atoms with van der Waals surface area (Å²) in [6.07, 6.45) is 2.06. The van der Waals surface area contributed by atoms with Crippen LogP contribution in [0.25, 0.3) is 0 Å². The Morgan fingerprint density at radius 2 is 2.16 bits per heavy atom. The Bertz CT molecular complexity index is 411. The first-order valence-corrected chi connectivity index (χ1v) is 6.85. The molecule has 1 fully saturated rings. The van der Waals surface area contributed by atoms with E-state index in [1.165, 1.54) is 0 Å². The van der Waals surface area contributed by atoms with E-state index in [1.54, 1.807) is 7.11 Å². The molecule has 4 heteroatoms. The third-order valence-electron chi connectivity index (χ3n) is 3.64. The summed E-state index contributed by atoms with van der Waals surface area (Å²) in [4.78, 5) is 12.1. The molecule has 1 aromatic rings. The van der Waals surface area contributed by atoms with Crippen LogP contribution in [0.5, 0.6) is 5.75 Å². The van der Waals surface area contributed by atoms with E-state index in [1.807, 2.05) is 31.2 Å². The number of carbonyl (C=O) groups is 1. The largest absolute Gasteiger partial charge is 0.497 e. The summed E-state index contributed by atoms with van der Waals surface area (Å²) in [5.74, 6) is 1.09. The van der Waals surface area contributed by atoms with Crippen molar-refractivity contribution >= 4 is 5.91 Å². The predicted octanol–water partition coefficient (Wildman–Crippen LogP) is 1.87. The second-order valence-corrected chi connectivity index (χ2v) is 5.05. The molecule has 0 bridgehead atoms. The van der Waals surface area contributed by atoms with Gasteiger partial charge in [0.05, 0.1) is 19.1 Å². The number of carbonyl (C=O) groups excluding carboxylic acids is 1. The van der Waals surface area contributed by atoms with E-state index in [0.717, 1.165) is 37.2 Å². The van der Waals surface area contributed by atoms with E-state index in [4.69, 9.17) is 4.74 Å². The fraction of sp³-hybridized carbons (Fsp3) is 0.533. The molecule has 2 rings (SSSR count). The van der Waals surface area contributed by atoms with Gasteiger partial charge in [-0.2, -0.15) is 0 Å². The van der Waals surface area contributed by atoms with Crippen molar-refractivity contribution in [1.29, 1.82) is 0 Å². The van der Waals surface area contributed by atoms with Gasteiger partial charge in [0.25, 0.3) is 0 Å². The molecule has 1 saturated heterocycles. The molecule has 0 spiro atoms. The van der Waals surface area contributed by atoms with Gasteiger partial charge in [0, 0.05) is 6.54 Å². The molecule has 0 aromatic heterocycles. The quantitative estimate of drug-likeness (QED) is 0.871. The van der Waals surface area contributed by atoms with Crippen molar-refractivity contribution < 1.29 is 9.53 Å². The van der Waals surface area contributed by atoms with Crippen molar-refractivity contribution in [1.82, 2.24) is 10.6 Å². The molecule has 2 unspecified atom stereocenters. The lowest BCUT2D eigenvalue weighted by Gasteiger charge is -2.24. The lowest BCUT2D eigenvalue weighted by Crippen LogP contribution is -2.41. The smallest absolute Gasteiger partial charge is 0.224 e. The number of benzene rings is 1. The maximum absolute atomic E-state index is 12.1. The molecule has 2 N–H and O–H groups in total. The number of methoxy groups -OCH3 is 1. The molecule has 1 aromatic carbocycles. The second kappa shape index (κ2) is 6.57. The standard InChI is InChI=1S/C15H22N2O2/c1-11(12-5-7-14(19-2)8-6-12)17-15(18)13-4-3-9-16-10-13/h5-8,11,13,16H,3-4,9-10H2,1-2H3,(H,17,18). The highest BCUT2D eigenvalue weighted by Crippen LogP contribution is 2.18. The van der Waals surface area contributed by atoms with Gasteiger partial charge in [0.15, 0.2) is 0 Å². The van der Waals surface area contributed by atoms with Crippen LogP contribution in [-0.2, 0) is 4.79 Å². The molecule has 0 radical (unpaired) electrons. The summed E-state index contributed by atoms with van der Waals surface area (Å²) in [6, 6.07) is 7.84. The van der Waals surface area contributed by atoms with Crippen LogP contribution in [0.1, 0.15) is 31.4 Å². The van der Waals surface area contributed by atoms with E-state index < -0.39 is 0 Å². The molecule has 1 aliphatic rings. The van der Waals surface area contributed by atoms with Crippen LogP contribution < -0.4 is 15.4 Å². The summed E-state index contributed by atoms with van der Waals surface area (Å²) in [6.45, 7) is 3.83. The minimum absolute atomic E-state index is 0.0281. The van der Waals surface area contributed by atoms with Gasteiger partial charge in [-0.25, -0.2) is 0 Å². The van der Waals surface area contributed by atoms with Crippen LogP contribution in [0.2, 0.25) is 0 Å². The number of piperidine rings is 1. The molecule has 1 aliphatic heterocycles. The zero-order chi connectivity index (χ0) is 13.7. The third kappa shape index (κ3) is 3.70. The monoisotopic (exact) mass is 262 g/mol. The van der Waals surface area contributed by atoms with E-state index >= 15 is 0 Å². The molecular weight excluding hydrogens is 240 g/mol. The minimum atomic E-state index is 0.0281. The summed E-state index contributed by atoms with van der Waals surface area (Å²) >= 11 is 0. The Morgan fingerprint density at radius 3 is 2.74 bits per heavy atom. The van der Waals surface area contributed by atoms with Crippen molar-refractivity contribution in [2.75, 3.05) is 20.2 Å². The van der Waals surface area contributed by atoms with Gasteiger partial charge in [0.1, 0.15) is 5.75 Å². The Hall–Kier alpha value is -1.55. The second-order valence-electron chi connectivity index (χ2n) is 5.05. The van der Waals surface area contributed by atoms with Crippen LogP contribution in [0.3, 0.4) is 0 Å². The van der Waals surface area contributed by atoms with Gasteiger partial charge in [-0.1, -0.05) is 12.1 Å². The minimum Gasteiger partial charge on any atom is -0.497 e. The van der Waals surface area contributed by atoms with Crippen molar-refractivity contribution in [3.05, 3.63) is 29.8 Å². The number of hydrogen-bond donors (Lipinski definition) is 2. The molecule has 0 aliphatic carbocycles. The van der Waals surface area contributed by atoms with Gasteiger partial charge >= 0.3 is 0 Å². The van der Waals surface area contributed by atoms with Crippen LogP contribution in [0.15, 0.2) is 24.3 Å². The topological polar surface area (TPSA) is 50.4 Å². The van der Waals surface area contributed by atoms with Crippen molar-refractivity contribution in [3.63, 3.8) is 0 Å². The molecule has 1 heterocycles. The number of nitrogens with one attached hydrogen (secondary N) is 2. The van der Waals surface area contributed by atoms with Crippen molar-refractivity contribution in [2.24, 2.45) is 5.92 Å². The summed E-state index contributed by atoms with van der Waals surface area (Å²) < 4.78 is 5.13.